The van der Waals surface area contributed by atoms with Crippen molar-refractivity contribution in [2.24, 2.45) is 23.7 Å². The second-order valence-electron chi connectivity index (χ2n) is 7.88. The van der Waals surface area contributed by atoms with Crippen molar-refractivity contribution in [2.75, 3.05) is 0 Å². The molecule has 0 heterocycles. The van der Waals surface area contributed by atoms with Gasteiger partial charge in [-0.25, -0.2) is 0 Å². The summed E-state index contributed by atoms with van der Waals surface area (Å²) in [4.78, 5) is 25.6. The highest BCUT2D eigenvalue weighted by molar-refractivity contribution is 6.00. The third kappa shape index (κ3) is 2.84. The number of Topliss-reactive ketones (excluding diaryl/α,β-unsaturated/α-hetero) is 1. The summed E-state index contributed by atoms with van der Waals surface area (Å²) in [5.41, 5.74) is 3.55. The van der Waals surface area contributed by atoms with Crippen LogP contribution in [0.5, 0.6) is 0 Å². The molecule has 0 amide bonds. The standard InChI is InChI=1S/C22H26O3/c23-21(14-8-2-1-3-9-14)19-17-12-6-4-10-15(17)16-11-5-7-13-18(16)20(19)22(24)25/h1-3,8-9,17-20H,4-7,10-13H2,(H,24,25)/t17-,18+,19+,20+/m1/s1. The zero-order chi connectivity index (χ0) is 17.4. The molecular formula is C22H26O3. The Balaban J connectivity index is 1.81. The lowest BCUT2D eigenvalue weighted by Crippen LogP contribution is -2.46. The van der Waals surface area contributed by atoms with Crippen molar-refractivity contribution >= 4 is 11.8 Å². The maximum absolute atomic E-state index is 13.4. The predicted octanol–water partition coefficient (Wildman–Crippen LogP) is 4.88. The first-order chi connectivity index (χ1) is 12.2. The number of ketones is 1. The van der Waals surface area contributed by atoms with Crippen LogP contribution in [0.1, 0.15) is 61.7 Å². The molecule has 25 heavy (non-hydrogen) atoms. The molecule has 0 unspecified atom stereocenters. The number of rotatable bonds is 3. The highest BCUT2D eigenvalue weighted by atomic mass is 16.4. The maximum Gasteiger partial charge on any atom is 0.307 e. The predicted molar refractivity (Wildman–Crippen MR) is 96.3 cm³/mol. The number of carbonyl (C=O) groups excluding carboxylic acids is 1. The van der Waals surface area contributed by atoms with E-state index in [1.165, 1.54) is 24.0 Å². The minimum Gasteiger partial charge on any atom is -0.481 e. The zero-order valence-electron chi connectivity index (χ0n) is 14.6. The van der Waals surface area contributed by atoms with Crippen molar-refractivity contribution in [1.29, 1.82) is 0 Å². The Bertz CT molecular complexity index is 703. The third-order valence-electron chi connectivity index (χ3n) is 6.63. The summed E-state index contributed by atoms with van der Waals surface area (Å²) < 4.78 is 0. The number of carboxylic acid groups (broad SMARTS) is 1. The van der Waals surface area contributed by atoms with Gasteiger partial charge in [0.15, 0.2) is 5.78 Å². The number of benzene rings is 1. The molecule has 0 aliphatic heterocycles. The molecule has 2 saturated carbocycles. The van der Waals surface area contributed by atoms with Crippen molar-refractivity contribution in [1.82, 2.24) is 0 Å². The van der Waals surface area contributed by atoms with Crippen LogP contribution in [-0.2, 0) is 4.79 Å². The van der Waals surface area contributed by atoms with Crippen LogP contribution in [0.15, 0.2) is 41.5 Å². The molecule has 3 heteroatoms. The average Bonchev–Trinajstić information content (AvgIpc) is 2.67. The van der Waals surface area contributed by atoms with Gasteiger partial charge in [-0.05, 0) is 50.4 Å². The molecule has 3 aliphatic rings. The molecule has 1 aromatic rings. The Labute approximate surface area is 149 Å². The Kier molecular flexibility index (Phi) is 4.49. The summed E-state index contributed by atoms with van der Waals surface area (Å²) in [7, 11) is 0. The second kappa shape index (κ2) is 6.78. The van der Waals surface area contributed by atoms with E-state index in [9.17, 15) is 14.7 Å². The summed E-state index contributed by atoms with van der Waals surface area (Å²) in [6, 6.07) is 9.32. The molecular weight excluding hydrogens is 312 g/mol. The Morgan fingerprint density at radius 3 is 1.92 bits per heavy atom. The van der Waals surface area contributed by atoms with Crippen LogP contribution >= 0.6 is 0 Å². The van der Waals surface area contributed by atoms with Crippen molar-refractivity contribution in [2.45, 2.75) is 51.4 Å². The first-order valence-electron chi connectivity index (χ1n) is 9.72. The minimum absolute atomic E-state index is 0.0435. The molecule has 1 aromatic carbocycles. The summed E-state index contributed by atoms with van der Waals surface area (Å²) in [6.45, 7) is 0. The monoisotopic (exact) mass is 338 g/mol. The summed E-state index contributed by atoms with van der Waals surface area (Å²) in [5.74, 6) is -1.44. The van der Waals surface area contributed by atoms with Gasteiger partial charge < -0.3 is 5.11 Å². The fraction of sp³-hybridized carbons (Fsp3) is 0.545. The van der Waals surface area contributed by atoms with E-state index in [2.05, 4.69) is 0 Å². The molecule has 0 saturated heterocycles. The summed E-state index contributed by atoms with van der Waals surface area (Å²) in [5, 5.41) is 10.1. The van der Waals surface area contributed by atoms with Gasteiger partial charge >= 0.3 is 5.97 Å². The van der Waals surface area contributed by atoms with E-state index in [1.807, 2.05) is 30.3 Å². The van der Waals surface area contributed by atoms with Gasteiger partial charge in [-0.3, -0.25) is 9.59 Å². The van der Waals surface area contributed by atoms with Gasteiger partial charge in [0.05, 0.1) is 5.92 Å². The Morgan fingerprint density at radius 1 is 0.800 bits per heavy atom. The van der Waals surface area contributed by atoms with Crippen LogP contribution in [-0.4, -0.2) is 16.9 Å². The minimum atomic E-state index is -0.775. The molecule has 2 fully saturated rings. The SMILES string of the molecule is O=C(c1ccccc1)[C@@H]1[C@@H](C(=O)O)[C@H]2CCCCC2=C2CCCC[C@H]21. The van der Waals surface area contributed by atoms with E-state index in [1.54, 1.807) is 0 Å². The molecule has 3 aliphatic carbocycles. The fourth-order valence-electron chi connectivity index (χ4n) is 5.64. The van der Waals surface area contributed by atoms with Crippen molar-refractivity contribution in [3.05, 3.63) is 47.0 Å². The maximum atomic E-state index is 13.4. The largest absolute Gasteiger partial charge is 0.481 e. The molecule has 4 rings (SSSR count). The first kappa shape index (κ1) is 16.6. The van der Waals surface area contributed by atoms with Crippen molar-refractivity contribution < 1.29 is 14.7 Å². The van der Waals surface area contributed by atoms with Crippen LogP contribution < -0.4 is 0 Å². The second-order valence-corrected chi connectivity index (χ2v) is 7.88. The summed E-state index contributed by atoms with van der Waals surface area (Å²) >= 11 is 0. The number of aliphatic carboxylic acids is 1. The quantitative estimate of drug-likeness (QED) is 0.631. The fourth-order valence-corrected chi connectivity index (χ4v) is 5.64. The highest BCUT2D eigenvalue weighted by Gasteiger charge is 2.51. The lowest BCUT2D eigenvalue weighted by Gasteiger charge is -2.47. The van der Waals surface area contributed by atoms with Gasteiger partial charge in [0.2, 0.25) is 0 Å². The number of carboxylic acids is 1. The van der Waals surface area contributed by atoms with Crippen LogP contribution in [0, 0.1) is 23.7 Å². The molecule has 0 bridgehead atoms. The Hall–Kier alpha value is -1.90. The molecule has 0 aromatic heterocycles. The van der Waals surface area contributed by atoms with E-state index < -0.39 is 11.9 Å². The number of carbonyl (C=O) groups is 2. The van der Waals surface area contributed by atoms with Crippen LogP contribution in [0.4, 0.5) is 0 Å². The van der Waals surface area contributed by atoms with Gasteiger partial charge in [-0.1, -0.05) is 54.3 Å². The van der Waals surface area contributed by atoms with E-state index in [4.69, 9.17) is 0 Å². The zero-order valence-corrected chi connectivity index (χ0v) is 14.6. The van der Waals surface area contributed by atoms with Gasteiger partial charge in [-0.2, -0.15) is 0 Å². The smallest absolute Gasteiger partial charge is 0.307 e. The van der Waals surface area contributed by atoms with E-state index in [0.29, 0.717) is 5.56 Å². The topological polar surface area (TPSA) is 54.4 Å². The van der Waals surface area contributed by atoms with Crippen LogP contribution in [0.25, 0.3) is 0 Å². The number of hydrogen-bond donors (Lipinski definition) is 1. The molecule has 4 atom stereocenters. The number of hydrogen-bond acceptors (Lipinski definition) is 2. The van der Waals surface area contributed by atoms with Gasteiger partial charge in [0.25, 0.3) is 0 Å². The van der Waals surface area contributed by atoms with E-state index >= 15 is 0 Å². The van der Waals surface area contributed by atoms with Gasteiger partial charge in [-0.15, -0.1) is 0 Å². The van der Waals surface area contributed by atoms with Crippen LogP contribution in [0.2, 0.25) is 0 Å². The van der Waals surface area contributed by atoms with Crippen molar-refractivity contribution in [3.8, 4) is 0 Å². The normalized spacial score (nSPS) is 31.8. The number of fused-ring (bicyclic) bond motifs is 2. The lowest BCUT2D eigenvalue weighted by atomic mass is 9.56. The van der Waals surface area contributed by atoms with E-state index in [-0.39, 0.29) is 23.5 Å². The number of allylic oxidation sites excluding steroid dienone is 2. The molecule has 132 valence electrons. The third-order valence-corrected chi connectivity index (χ3v) is 6.63. The van der Waals surface area contributed by atoms with E-state index in [0.717, 1.165) is 38.5 Å². The molecule has 0 spiro atoms. The average molecular weight is 338 g/mol. The lowest BCUT2D eigenvalue weighted by molar-refractivity contribution is -0.146. The summed E-state index contributed by atoms with van der Waals surface area (Å²) in [6.07, 6.45) is 8.57. The van der Waals surface area contributed by atoms with Crippen LogP contribution in [0.3, 0.4) is 0 Å². The molecule has 3 nitrogen and oxygen atoms in total. The van der Waals surface area contributed by atoms with Crippen molar-refractivity contribution in [3.63, 3.8) is 0 Å². The highest BCUT2D eigenvalue weighted by Crippen LogP contribution is 2.53. The molecule has 1 N–H and O–H groups in total. The Morgan fingerprint density at radius 2 is 1.36 bits per heavy atom. The van der Waals surface area contributed by atoms with Gasteiger partial charge in [0, 0.05) is 11.5 Å². The van der Waals surface area contributed by atoms with Gasteiger partial charge in [0.1, 0.15) is 0 Å². The molecule has 0 radical (unpaired) electrons. The first-order valence-corrected chi connectivity index (χ1v) is 9.72.